The summed E-state index contributed by atoms with van der Waals surface area (Å²) in [6, 6.07) is 5.85. The minimum absolute atomic E-state index is 0.0977. The van der Waals surface area contributed by atoms with Crippen LogP contribution in [0.4, 0.5) is 10.5 Å². The number of aliphatic hydroxyl groups is 1. The number of rotatable bonds is 5. The van der Waals surface area contributed by atoms with Gasteiger partial charge in [-0.3, -0.25) is 4.90 Å². The van der Waals surface area contributed by atoms with Crippen LogP contribution in [-0.2, 0) is 14.8 Å². The molecule has 0 radical (unpaired) electrons. The summed E-state index contributed by atoms with van der Waals surface area (Å²) in [5.74, 6) is 3.60. The van der Waals surface area contributed by atoms with Gasteiger partial charge in [-0.15, -0.1) is 10.7 Å². The number of sulfonamides is 1. The molecule has 0 aliphatic carbocycles. The molecule has 116 valence electrons. The van der Waals surface area contributed by atoms with Crippen LogP contribution in [0.3, 0.4) is 0 Å². The number of amides is 1. The molecule has 1 amide bonds. The lowest BCUT2D eigenvalue weighted by atomic mass is 10.3. The van der Waals surface area contributed by atoms with Crippen molar-refractivity contribution >= 4 is 38.3 Å². The molecule has 1 fully saturated rings. The van der Waals surface area contributed by atoms with Crippen LogP contribution in [0, 0.1) is 0 Å². The highest BCUT2D eigenvalue weighted by Crippen LogP contribution is 2.23. The maximum Gasteiger partial charge on any atom is 0.414 e. The topological polar surface area (TPSA) is 95.9 Å². The van der Waals surface area contributed by atoms with Crippen LogP contribution in [0.25, 0.3) is 0 Å². The van der Waals surface area contributed by atoms with Crippen molar-refractivity contribution in [2.45, 2.75) is 11.0 Å². The first-order valence-corrected chi connectivity index (χ1v) is 9.29. The zero-order valence-corrected chi connectivity index (χ0v) is 13.0. The molecule has 1 aliphatic heterocycles. The third kappa shape index (κ3) is 3.62. The van der Waals surface area contributed by atoms with E-state index in [1.807, 2.05) is 0 Å². The smallest absolute Gasteiger partial charge is 0.414 e. The summed E-state index contributed by atoms with van der Waals surface area (Å²) < 4.78 is 31.2. The Labute approximate surface area is 125 Å². The van der Waals surface area contributed by atoms with Gasteiger partial charge in [-0.05, 0) is 30.5 Å². The molecule has 1 heterocycles. The third-order valence-corrected chi connectivity index (χ3v) is 5.70. The third-order valence-electron chi connectivity index (χ3n) is 2.79. The van der Waals surface area contributed by atoms with Gasteiger partial charge in [0.2, 0.25) is 10.0 Å². The number of nitrogens with one attached hydrogen (secondary N) is 1. The average Bonchev–Trinajstić information content (AvgIpc) is 2.79. The van der Waals surface area contributed by atoms with Crippen molar-refractivity contribution in [3.05, 3.63) is 24.3 Å². The van der Waals surface area contributed by atoms with Crippen molar-refractivity contribution in [3.63, 3.8) is 0 Å². The number of ether oxygens (including phenoxy) is 1. The van der Waals surface area contributed by atoms with Crippen molar-refractivity contribution in [3.8, 4) is 0 Å². The van der Waals surface area contributed by atoms with Gasteiger partial charge in [0.05, 0.1) is 18.0 Å². The number of hydrogen-bond donors (Lipinski definition) is 2. The summed E-state index contributed by atoms with van der Waals surface area (Å²) >= 11 is 0. The van der Waals surface area contributed by atoms with Crippen molar-refractivity contribution in [2.24, 2.45) is 0 Å². The highest BCUT2D eigenvalue weighted by molar-refractivity contribution is 8.19. The van der Waals surface area contributed by atoms with E-state index < -0.39 is 32.9 Å². The molecule has 0 saturated carbocycles. The molecule has 1 saturated heterocycles. The number of cyclic esters (lactones) is 1. The molecule has 2 unspecified atom stereocenters. The monoisotopic (exact) mass is 332 g/mol. The second kappa shape index (κ2) is 6.14. The van der Waals surface area contributed by atoms with Crippen LogP contribution >= 0.6 is 10.7 Å². The van der Waals surface area contributed by atoms with Crippen LogP contribution in [0.5, 0.6) is 0 Å². The number of carbonyl (C=O) groups is 1. The van der Waals surface area contributed by atoms with E-state index in [0.29, 0.717) is 5.69 Å². The Balaban J connectivity index is 2.20. The highest BCUT2D eigenvalue weighted by atomic mass is 32.3. The second-order valence-corrected chi connectivity index (χ2v) is 7.94. The molecule has 0 aromatic heterocycles. The maximum absolute atomic E-state index is 12.0. The molecule has 1 aromatic carbocycles. The van der Waals surface area contributed by atoms with E-state index in [0.717, 1.165) is 0 Å². The highest BCUT2D eigenvalue weighted by Gasteiger charge is 2.31. The summed E-state index contributed by atoms with van der Waals surface area (Å²) in [6.45, 7) is -0.0160. The standard InChI is InChI=1S/C12H16N2O5S2/c1-20(2)13-21(17,18)11-5-3-9(4-6-11)14-7-10(8-15)19-12(14)16/h3-6,10,13,15H,1,7-8H2,2H3. The maximum atomic E-state index is 12.0. The molecule has 2 atom stereocenters. The van der Waals surface area contributed by atoms with Gasteiger partial charge >= 0.3 is 6.09 Å². The van der Waals surface area contributed by atoms with E-state index in [9.17, 15) is 13.2 Å². The SMILES string of the molecule is C=S(C)NS(=O)(=O)c1ccc(N2CC(CO)OC2=O)cc1. The Morgan fingerprint density at radius 1 is 1.48 bits per heavy atom. The predicted octanol–water partition coefficient (Wildman–Crippen LogP) is 0.528. The van der Waals surface area contributed by atoms with Gasteiger partial charge in [-0.1, -0.05) is 5.87 Å². The predicted molar refractivity (Wildman–Crippen MR) is 82.1 cm³/mol. The quantitative estimate of drug-likeness (QED) is 0.767. The molecular formula is C12H16N2O5S2. The van der Waals surface area contributed by atoms with Gasteiger partial charge in [0, 0.05) is 5.69 Å². The molecule has 7 nitrogen and oxygen atoms in total. The van der Waals surface area contributed by atoms with Crippen LogP contribution in [-0.4, -0.2) is 51.0 Å². The van der Waals surface area contributed by atoms with Crippen LogP contribution in [0.2, 0.25) is 0 Å². The van der Waals surface area contributed by atoms with Crippen molar-refractivity contribution in [1.29, 1.82) is 0 Å². The van der Waals surface area contributed by atoms with Gasteiger partial charge < -0.3 is 9.84 Å². The Bertz CT molecular complexity index is 657. The fraction of sp³-hybridized carbons (Fsp3) is 0.333. The zero-order valence-electron chi connectivity index (χ0n) is 11.4. The summed E-state index contributed by atoms with van der Waals surface area (Å²) in [5.41, 5.74) is 0.514. The van der Waals surface area contributed by atoms with E-state index in [1.54, 1.807) is 6.26 Å². The number of benzene rings is 1. The Hall–Kier alpha value is -1.42. The number of hydrogen-bond acceptors (Lipinski definition) is 5. The van der Waals surface area contributed by atoms with Gasteiger partial charge in [0.15, 0.2) is 0 Å². The van der Waals surface area contributed by atoms with Crippen molar-refractivity contribution < 1.29 is 23.1 Å². The van der Waals surface area contributed by atoms with Gasteiger partial charge in [0.25, 0.3) is 0 Å². The summed E-state index contributed by atoms with van der Waals surface area (Å²) in [5, 5.41) is 8.99. The number of carbonyl (C=O) groups excluding carboxylic acids is 1. The normalized spacial score (nSPS) is 20.4. The lowest BCUT2D eigenvalue weighted by molar-refractivity contribution is 0.0963. The van der Waals surface area contributed by atoms with E-state index in [1.165, 1.54) is 29.2 Å². The lowest BCUT2D eigenvalue weighted by Crippen LogP contribution is -2.25. The van der Waals surface area contributed by atoms with E-state index in [-0.39, 0.29) is 18.0 Å². The molecule has 2 N–H and O–H groups in total. The fourth-order valence-electron chi connectivity index (χ4n) is 1.87. The summed E-state index contributed by atoms with van der Waals surface area (Å²) in [7, 11) is -4.31. The zero-order chi connectivity index (χ0) is 15.6. The molecule has 9 heteroatoms. The van der Waals surface area contributed by atoms with Gasteiger partial charge in [0.1, 0.15) is 6.10 Å². The van der Waals surface area contributed by atoms with E-state index in [2.05, 4.69) is 10.00 Å². The van der Waals surface area contributed by atoms with Gasteiger partial charge in [-0.2, -0.15) is 4.13 Å². The van der Waals surface area contributed by atoms with E-state index in [4.69, 9.17) is 9.84 Å². The van der Waals surface area contributed by atoms with Crippen LogP contribution in [0.15, 0.2) is 29.2 Å². The Morgan fingerprint density at radius 2 is 2.10 bits per heavy atom. The Kier molecular flexibility index (Phi) is 4.67. The Morgan fingerprint density at radius 3 is 2.57 bits per heavy atom. The molecule has 2 rings (SSSR count). The van der Waals surface area contributed by atoms with Crippen LogP contribution < -0.4 is 9.03 Å². The molecule has 21 heavy (non-hydrogen) atoms. The second-order valence-electron chi connectivity index (χ2n) is 4.52. The summed E-state index contributed by atoms with van der Waals surface area (Å²) in [6.07, 6.45) is 0.535. The van der Waals surface area contributed by atoms with Crippen molar-refractivity contribution in [2.75, 3.05) is 24.3 Å². The van der Waals surface area contributed by atoms with E-state index >= 15 is 0 Å². The number of aliphatic hydroxyl groups excluding tert-OH is 1. The number of anilines is 1. The molecule has 0 spiro atoms. The molecular weight excluding hydrogens is 316 g/mol. The minimum Gasteiger partial charge on any atom is -0.441 e. The fourth-order valence-corrected chi connectivity index (χ4v) is 4.25. The van der Waals surface area contributed by atoms with Gasteiger partial charge in [-0.25, -0.2) is 13.2 Å². The first-order valence-electron chi connectivity index (χ1n) is 6.00. The lowest BCUT2D eigenvalue weighted by Gasteiger charge is -2.13. The molecule has 1 aliphatic rings. The molecule has 0 bridgehead atoms. The first kappa shape index (κ1) is 16.0. The summed E-state index contributed by atoms with van der Waals surface area (Å²) in [4.78, 5) is 13.1. The largest absolute Gasteiger partial charge is 0.441 e. The first-order chi connectivity index (χ1) is 9.83. The van der Waals surface area contributed by atoms with Crippen LogP contribution in [0.1, 0.15) is 0 Å². The number of nitrogens with zero attached hydrogens (tertiary/aromatic N) is 1. The minimum atomic E-state index is -3.60. The van der Waals surface area contributed by atoms with Crippen molar-refractivity contribution in [1.82, 2.24) is 4.13 Å². The molecule has 1 aromatic rings. The average molecular weight is 332 g/mol.